The van der Waals surface area contributed by atoms with Gasteiger partial charge in [-0.2, -0.15) is 0 Å². The molecular weight excluding hydrogens is 488 g/mol. The van der Waals surface area contributed by atoms with E-state index in [0.29, 0.717) is 19.1 Å². The van der Waals surface area contributed by atoms with E-state index in [9.17, 15) is 9.50 Å². The van der Waals surface area contributed by atoms with Crippen LogP contribution in [-0.4, -0.2) is 38.4 Å². The number of benzene rings is 2. The van der Waals surface area contributed by atoms with Gasteiger partial charge in [-0.3, -0.25) is 4.99 Å². The third-order valence-electron chi connectivity index (χ3n) is 4.16. The molecule has 0 aliphatic carbocycles. The summed E-state index contributed by atoms with van der Waals surface area (Å²) >= 11 is 0. The monoisotopic (exact) mass is 517 g/mol. The van der Waals surface area contributed by atoms with Crippen molar-refractivity contribution in [1.82, 2.24) is 10.6 Å². The molecule has 0 aromatic heterocycles. The lowest BCUT2D eigenvalue weighted by atomic mass is 10.1. The van der Waals surface area contributed by atoms with Crippen LogP contribution in [0.5, 0.6) is 17.2 Å². The average molecular weight is 517 g/mol. The van der Waals surface area contributed by atoms with Crippen LogP contribution < -0.4 is 20.1 Å². The number of phenolic OH excluding ortho intramolecular Hbond substituents is 1. The van der Waals surface area contributed by atoms with Gasteiger partial charge in [0.05, 0.1) is 13.7 Å². The number of rotatable bonds is 9. The van der Waals surface area contributed by atoms with Gasteiger partial charge >= 0.3 is 0 Å². The Labute approximate surface area is 188 Å². The van der Waals surface area contributed by atoms with E-state index in [2.05, 4.69) is 15.6 Å². The topological polar surface area (TPSA) is 75.1 Å². The first kappa shape index (κ1) is 24.8. The summed E-state index contributed by atoms with van der Waals surface area (Å²) in [4.78, 5) is 4.16. The molecule has 0 amide bonds. The van der Waals surface area contributed by atoms with Crippen molar-refractivity contribution in [3.05, 3.63) is 53.3 Å². The van der Waals surface area contributed by atoms with Gasteiger partial charge in [0.25, 0.3) is 0 Å². The molecule has 0 aliphatic rings. The maximum Gasteiger partial charge on any atom is 0.191 e. The van der Waals surface area contributed by atoms with Gasteiger partial charge in [-0.1, -0.05) is 12.1 Å². The van der Waals surface area contributed by atoms with Crippen LogP contribution in [0.15, 0.2) is 41.4 Å². The van der Waals surface area contributed by atoms with Crippen molar-refractivity contribution in [1.29, 1.82) is 0 Å². The quantitative estimate of drug-likeness (QED) is 0.204. The van der Waals surface area contributed by atoms with Gasteiger partial charge in [-0.25, -0.2) is 4.39 Å². The molecule has 0 atom stereocenters. The third kappa shape index (κ3) is 7.96. The Kier molecular flexibility index (Phi) is 11.2. The van der Waals surface area contributed by atoms with E-state index in [1.165, 1.54) is 17.7 Å². The summed E-state index contributed by atoms with van der Waals surface area (Å²) < 4.78 is 24.3. The van der Waals surface area contributed by atoms with E-state index in [0.717, 1.165) is 36.4 Å². The minimum Gasteiger partial charge on any atom is -0.505 e. The van der Waals surface area contributed by atoms with E-state index in [-0.39, 0.29) is 29.7 Å². The summed E-state index contributed by atoms with van der Waals surface area (Å²) in [7, 11) is 3.32. The lowest BCUT2D eigenvalue weighted by molar-refractivity contribution is 0.310. The van der Waals surface area contributed by atoms with Gasteiger partial charge in [0, 0.05) is 20.1 Å². The van der Waals surface area contributed by atoms with E-state index in [4.69, 9.17) is 9.47 Å². The maximum atomic E-state index is 13.4. The number of aliphatic imine (C=N–C) groups is 1. The lowest BCUT2D eigenvalue weighted by Crippen LogP contribution is -2.37. The number of aromatic hydroxyl groups is 1. The van der Waals surface area contributed by atoms with Crippen molar-refractivity contribution in [2.45, 2.75) is 26.3 Å². The molecule has 2 rings (SSSR count). The molecule has 3 N–H and O–H groups in total. The Hall–Kier alpha value is -2.23. The predicted octanol–water partition coefficient (Wildman–Crippen LogP) is 3.85. The number of guanidine groups is 1. The fourth-order valence-corrected chi connectivity index (χ4v) is 2.71. The molecule has 2 aromatic carbocycles. The molecule has 0 radical (unpaired) electrons. The summed E-state index contributed by atoms with van der Waals surface area (Å²) in [5, 5.41) is 15.6. The fraction of sp³-hybridized carbons (Fsp3) is 0.381. The molecule has 0 aliphatic heterocycles. The fourth-order valence-electron chi connectivity index (χ4n) is 2.71. The first-order valence-electron chi connectivity index (χ1n) is 9.29. The van der Waals surface area contributed by atoms with Crippen molar-refractivity contribution >= 4 is 29.9 Å². The van der Waals surface area contributed by atoms with Crippen molar-refractivity contribution in [3.8, 4) is 17.2 Å². The van der Waals surface area contributed by atoms with Crippen LogP contribution in [-0.2, 0) is 13.0 Å². The number of hydrogen-bond donors (Lipinski definition) is 3. The highest BCUT2D eigenvalue weighted by molar-refractivity contribution is 14.0. The molecule has 6 nitrogen and oxygen atoms in total. The van der Waals surface area contributed by atoms with Crippen LogP contribution in [0.1, 0.15) is 24.5 Å². The predicted molar refractivity (Wildman–Crippen MR) is 124 cm³/mol. The molecule has 2 aromatic rings. The minimum atomic E-state index is -0.631. The number of hydrogen-bond acceptors (Lipinski definition) is 4. The number of methoxy groups -OCH3 is 1. The summed E-state index contributed by atoms with van der Waals surface area (Å²) in [5.41, 5.74) is 1.90. The van der Waals surface area contributed by atoms with Gasteiger partial charge < -0.3 is 25.2 Å². The molecule has 0 spiro atoms. The zero-order valence-electron chi connectivity index (χ0n) is 17.0. The highest BCUT2D eigenvalue weighted by atomic mass is 127. The third-order valence-corrected chi connectivity index (χ3v) is 4.16. The highest BCUT2D eigenvalue weighted by Crippen LogP contribution is 2.28. The SMILES string of the molecule is CCOc1cc(CCCNC(=NC)NCc2ccc(O)c(F)c2)ccc1OC.I. The Morgan fingerprint density at radius 1 is 1.10 bits per heavy atom. The van der Waals surface area contributed by atoms with Crippen molar-refractivity contribution in [3.63, 3.8) is 0 Å². The molecule has 0 bridgehead atoms. The summed E-state index contributed by atoms with van der Waals surface area (Å²) in [6, 6.07) is 10.3. The lowest BCUT2D eigenvalue weighted by Gasteiger charge is -2.13. The van der Waals surface area contributed by atoms with Crippen LogP contribution in [0.4, 0.5) is 4.39 Å². The van der Waals surface area contributed by atoms with Crippen LogP contribution in [0.25, 0.3) is 0 Å². The van der Waals surface area contributed by atoms with Crippen molar-refractivity contribution < 1.29 is 19.0 Å². The largest absolute Gasteiger partial charge is 0.505 e. The van der Waals surface area contributed by atoms with Crippen LogP contribution >= 0.6 is 24.0 Å². The van der Waals surface area contributed by atoms with Crippen molar-refractivity contribution in [2.24, 2.45) is 4.99 Å². The van der Waals surface area contributed by atoms with Gasteiger partial charge in [0.15, 0.2) is 29.0 Å². The van der Waals surface area contributed by atoms with E-state index in [1.807, 2.05) is 25.1 Å². The highest BCUT2D eigenvalue weighted by Gasteiger charge is 2.06. The minimum absolute atomic E-state index is 0. The number of nitrogens with one attached hydrogen (secondary N) is 2. The first-order chi connectivity index (χ1) is 13.6. The number of ether oxygens (including phenoxy) is 2. The van der Waals surface area contributed by atoms with Crippen LogP contribution in [0, 0.1) is 5.82 Å². The normalized spacial score (nSPS) is 10.8. The molecule has 0 heterocycles. The molecule has 0 saturated carbocycles. The maximum absolute atomic E-state index is 13.4. The Balaban J connectivity index is 0.00000420. The number of aryl methyl sites for hydroxylation is 1. The molecule has 0 unspecified atom stereocenters. The zero-order valence-corrected chi connectivity index (χ0v) is 19.3. The van der Waals surface area contributed by atoms with E-state index >= 15 is 0 Å². The molecular formula is C21H29FIN3O3. The Morgan fingerprint density at radius 2 is 1.86 bits per heavy atom. The zero-order chi connectivity index (χ0) is 20.4. The van der Waals surface area contributed by atoms with Gasteiger partial charge in [0.2, 0.25) is 0 Å². The standard InChI is InChI=1S/C21H28FN3O3.HI/c1-4-28-20-13-15(8-10-19(20)27-3)6-5-11-24-21(23-2)25-14-16-7-9-18(26)17(22)12-16;/h7-10,12-13,26H,4-6,11,14H2,1-3H3,(H2,23,24,25);1H. The van der Waals surface area contributed by atoms with Gasteiger partial charge in [-0.15, -0.1) is 24.0 Å². The Morgan fingerprint density at radius 3 is 2.52 bits per heavy atom. The Bertz CT molecular complexity index is 803. The average Bonchev–Trinajstić information content (AvgIpc) is 2.70. The summed E-state index contributed by atoms with van der Waals surface area (Å²) in [6.07, 6.45) is 1.80. The molecule has 8 heteroatoms. The molecule has 0 fully saturated rings. The van der Waals surface area contributed by atoms with Crippen molar-refractivity contribution in [2.75, 3.05) is 27.3 Å². The second kappa shape index (κ2) is 13.1. The number of halogens is 2. The summed E-state index contributed by atoms with van der Waals surface area (Å²) in [6.45, 7) is 3.68. The van der Waals surface area contributed by atoms with Crippen LogP contribution in [0.3, 0.4) is 0 Å². The molecule has 29 heavy (non-hydrogen) atoms. The van der Waals surface area contributed by atoms with Gasteiger partial charge in [0.1, 0.15) is 0 Å². The second-order valence-electron chi connectivity index (χ2n) is 6.16. The molecule has 160 valence electrons. The first-order valence-corrected chi connectivity index (χ1v) is 9.29. The number of nitrogens with zero attached hydrogens (tertiary/aromatic N) is 1. The van der Waals surface area contributed by atoms with Gasteiger partial charge in [-0.05, 0) is 55.2 Å². The van der Waals surface area contributed by atoms with E-state index < -0.39 is 5.82 Å². The van der Waals surface area contributed by atoms with E-state index in [1.54, 1.807) is 20.2 Å². The number of phenols is 1. The summed E-state index contributed by atoms with van der Waals surface area (Å²) in [5.74, 6) is 1.15. The van der Waals surface area contributed by atoms with Crippen LogP contribution in [0.2, 0.25) is 0 Å². The smallest absolute Gasteiger partial charge is 0.191 e. The molecule has 0 saturated heterocycles. The second-order valence-corrected chi connectivity index (χ2v) is 6.16.